The highest BCUT2D eigenvalue weighted by Crippen LogP contribution is 2.46. The van der Waals surface area contributed by atoms with E-state index in [1.54, 1.807) is 0 Å². The van der Waals surface area contributed by atoms with Gasteiger partial charge in [0.05, 0.1) is 31.0 Å². The third-order valence-electron chi connectivity index (χ3n) is 4.25. The molecule has 1 aliphatic carbocycles. The Labute approximate surface area is 139 Å². The summed E-state index contributed by atoms with van der Waals surface area (Å²) in [5, 5.41) is 19.9. The molecular weight excluding hydrogens is 310 g/mol. The van der Waals surface area contributed by atoms with Crippen molar-refractivity contribution in [1.29, 1.82) is 0 Å². The van der Waals surface area contributed by atoms with Crippen LogP contribution in [0.3, 0.4) is 0 Å². The molecule has 1 aromatic heterocycles. The fourth-order valence-corrected chi connectivity index (χ4v) is 2.88. The van der Waals surface area contributed by atoms with E-state index in [-0.39, 0.29) is 17.5 Å². The maximum atomic E-state index is 11.1. The number of methoxy groups -OCH3 is 1. The van der Waals surface area contributed by atoms with Crippen LogP contribution in [0.25, 0.3) is 0 Å². The Balaban J connectivity index is 1.68. The Morgan fingerprint density at radius 1 is 1.33 bits per heavy atom. The quantitative estimate of drug-likeness (QED) is 0.846. The standard InChI is InChI=1S/C18H19NO5/c1-23-16-15(7-13(10-19-16)17(20)21)18(22)8-14(9-18)24-11-12-5-3-2-4-6-12/h2-7,10,14,22H,8-9,11H2,1H3,(H,20,21). The molecule has 0 spiro atoms. The third kappa shape index (κ3) is 3.25. The van der Waals surface area contributed by atoms with Crippen molar-refractivity contribution >= 4 is 5.97 Å². The van der Waals surface area contributed by atoms with E-state index in [1.165, 1.54) is 19.4 Å². The fraction of sp³-hybridized carbons (Fsp3) is 0.333. The van der Waals surface area contributed by atoms with Crippen LogP contribution < -0.4 is 4.74 Å². The lowest BCUT2D eigenvalue weighted by Gasteiger charge is -2.43. The van der Waals surface area contributed by atoms with Gasteiger partial charge in [0.25, 0.3) is 0 Å². The number of aliphatic hydroxyl groups is 1. The SMILES string of the molecule is COc1ncc(C(=O)O)cc1C1(O)CC(OCc2ccccc2)C1. The van der Waals surface area contributed by atoms with Gasteiger partial charge in [-0.05, 0) is 11.6 Å². The van der Waals surface area contributed by atoms with Gasteiger partial charge in [-0.1, -0.05) is 30.3 Å². The molecule has 3 rings (SSSR count). The Morgan fingerprint density at radius 2 is 2.04 bits per heavy atom. The second-order valence-electron chi connectivity index (χ2n) is 5.94. The number of aromatic carboxylic acids is 1. The lowest BCUT2D eigenvalue weighted by Crippen LogP contribution is -2.46. The van der Waals surface area contributed by atoms with E-state index >= 15 is 0 Å². The minimum absolute atomic E-state index is 0.0212. The molecule has 0 saturated heterocycles. The van der Waals surface area contributed by atoms with Crippen molar-refractivity contribution in [3.63, 3.8) is 0 Å². The fourth-order valence-electron chi connectivity index (χ4n) is 2.88. The van der Waals surface area contributed by atoms with E-state index in [0.717, 1.165) is 5.56 Å². The summed E-state index contributed by atoms with van der Waals surface area (Å²) in [7, 11) is 1.44. The predicted molar refractivity (Wildman–Crippen MR) is 85.9 cm³/mol. The first-order valence-corrected chi connectivity index (χ1v) is 7.67. The van der Waals surface area contributed by atoms with Crippen LogP contribution in [-0.2, 0) is 16.9 Å². The van der Waals surface area contributed by atoms with Crippen LogP contribution in [0.2, 0.25) is 0 Å². The normalized spacial score (nSPS) is 22.7. The summed E-state index contributed by atoms with van der Waals surface area (Å²) < 4.78 is 11.0. The van der Waals surface area contributed by atoms with Gasteiger partial charge < -0.3 is 19.7 Å². The van der Waals surface area contributed by atoms with E-state index < -0.39 is 11.6 Å². The minimum atomic E-state index is -1.18. The van der Waals surface area contributed by atoms with Crippen molar-refractivity contribution in [2.45, 2.75) is 31.2 Å². The van der Waals surface area contributed by atoms with Crippen molar-refractivity contribution in [3.8, 4) is 5.88 Å². The topological polar surface area (TPSA) is 88.9 Å². The zero-order valence-electron chi connectivity index (χ0n) is 13.3. The molecule has 1 heterocycles. The molecule has 6 heteroatoms. The van der Waals surface area contributed by atoms with Gasteiger partial charge in [0.15, 0.2) is 0 Å². The molecule has 0 aliphatic heterocycles. The van der Waals surface area contributed by atoms with Crippen molar-refractivity contribution in [2.24, 2.45) is 0 Å². The number of ether oxygens (including phenoxy) is 2. The lowest BCUT2D eigenvalue weighted by atomic mass is 9.72. The first-order valence-electron chi connectivity index (χ1n) is 7.67. The van der Waals surface area contributed by atoms with Crippen LogP contribution in [-0.4, -0.2) is 34.4 Å². The van der Waals surface area contributed by atoms with E-state index in [2.05, 4.69) is 4.98 Å². The number of pyridine rings is 1. The Bertz CT molecular complexity index is 725. The number of benzene rings is 1. The minimum Gasteiger partial charge on any atom is -0.481 e. The molecule has 0 unspecified atom stereocenters. The second-order valence-corrected chi connectivity index (χ2v) is 5.94. The van der Waals surface area contributed by atoms with E-state index in [4.69, 9.17) is 14.6 Å². The zero-order chi connectivity index (χ0) is 17.2. The molecule has 2 aromatic rings. The van der Waals surface area contributed by atoms with Gasteiger partial charge in [0.1, 0.15) is 0 Å². The Kier molecular flexibility index (Phi) is 4.51. The largest absolute Gasteiger partial charge is 0.481 e. The highest BCUT2D eigenvalue weighted by atomic mass is 16.5. The number of hydrogen-bond donors (Lipinski definition) is 2. The average molecular weight is 329 g/mol. The molecule has 0 atom stereocenters. The summed E-state index contributed by atoms with van der Waals surface area (Å²) in [6.45, 7) is 0.478. The predicted octanol–water partition coefficient (Wildman–Crippen LogP) is 2.36. The number of aromatic nitrogens is 1. The van der Waals surface area contributed by atoms with Crippen LogP contribution in [0.5, 0.6) is 5.88 Å². The monoisotopic (exact) mass is 329 g/mol. The van der Waals surface area contributed by atoms with Gasteiger partial charge in [-0.25, -0.2) is 9.78 Å². The number of hydrogen-bond acceptors (Lipinski definition) is 5. The molecule has 1 aromatic carbocycles. The van der Waals surface area contributed by atoms with Crippen LogP contribution in [0.4, 0.5) is 0 Å². The molecule has 1 fully saturated rings. The molecule has 0 radical (unpaired) electrons. The summed E-state index contributed by atoms with van der Waals surface area (Å²) >= 11 is 0. The van der Waals surface area contributed by atoms with Gasteiger partial charge in [-0.3, -0.25) is 0 Å². The number of nitrogens with zero attached hydrogens (tertiary/aromatic N) is 1. The first kappa shape index (κ1) is 16.4. The summed E-state index contributed by atoms with van der Waals surface area (Å²) in [6, 6.07) is 11.2. The van der Waals surface area contributed by atoms with Crippen LogP contribution in [0, 0.1) is 0 Å². The maximum Gasteiger partial charge on any atom is 0.337 e. The smallest absolute Gasteiger partial charge is 0.337 e. The summed E-state index contributed by atoms with van der Waals surface area (Å²) in [4.78, 5) is 15.1. The van der Waals surface area contributed by atoms with Crippen molar-refractivity contribution in [3.05, 3.63) is 59.3 Å². The maximum absolute atomic E-state index is 11.1. The van der Waals surface area contributed by atoms with Gasteiger partial charge in [-0.15, -0.1) is 0 Å². The molecule has 126 valence electrons. The lowest BCUT2D eigenvalue weighted by molar-refractivity contribution is -0.150. The average Bonchev–Trinajstić information content (AvgIpc) is 2.58. The van der Waals surface area contributed by atoms with Crippen molar-refractivity contribution in [2.75, 3.05) is 7.11 Å². The van der Waals surface area contributed by atoms with Crippen molar-refractivity contribution in [1.82, 2.24) is 4.98 Å². The van der Waals surface area contributed by atoms with E-state index in [0.29, 0.717) is 25.0 Å². The second kappa shape index (κ2) is 6.59. The molecule has 6 nitrogen and oxygen atoms in total. The molecule has 24 heavy (non-hydrogen) atoms. The van der Waals surface area contributed by atoms with Crippen molar-refractivity contribution < 1.29 is 24.5 Å². The Hall–Kier alpha value is -2.44. The Morgan fingerprint density at radius 3 is 2.67 bits per heavy atom. The molecule has 1 aliphatic rings. The third-order valence-corrected chi connectivity index (χ3v) is 4.25. The summed E-state index contributed by atoms with van der Waals surface area (Å²) in [5.41, 5.74) is 0.308. The number of carboxylic acid groups (broad SMARTS) is 1. The van der Waals surface area contributed by atoms with Gasteiger partial charge in [0.2, 0.25) is 5.88 Å². The first-order chi connectivity index (χ1) is 11.5. The molecule has 0 bridgehead atoms. The summed E-state index contributed by atoms with van der Waals surface area (Å²) in [5.74, 6) is -0.852. The summed E-state index contributed by atoms with van der Waals surface area (Å²) in [6.07, 6.45) is 1.88. The molecule has 0 amide bonds. The highest BCUT2D eigenvalue weighted by molar-refractivity contribution is 5.87. The molecular formula is C18H19NO5. The van der Waals surface area contributed by atoms with Crippen LogP contribution in [0.1, 0.15) is 34.3 Å². The van der Waals surface area contributed by atoms with Crippen LogP contribution in [0.15, 0.2) is 42.6 Å². The number of carboxylic acids is 1. The van der Waals surface area contributed by atoms with E-state index in [9.17, 15) is 9.90 Å². The molecule has 1 saturated carbocycles. The van der Waals surface area contributed by atoms with Gasteiger partial charge >= 0.3 is 5.97 Å². The zero-order valence-corrected chi connectivity index (χ0v) is 13.3. The molecule has 2 N–H and O–H groups in total. The number of carbonyl (C=O) groups is 1. The van der Waals surface area contributed by atoms with Gasteiger partial charge in [-0.2, -0.15) is 0 Å². The number of rotatable bonds is 6. The highest BCUT2D eigenvalue weighted by Gasteiger charge is 2.47. The van der Waals surface area contributed by atoms with E-state index in [1.807, 2.05) is 30.3 Å². The van der Waals surface area contributed by atoms with Crippen LogP contribution >= 0.6 is 0 Å². The van der Waals surface area contributed by atoms with Gasteiger partial charge in [0, 0.05) is 24.6 Å².